The van der Waals surface area contributed by atoms with Crippen molar-refractivity contribution in [1.82, 2.24) is 14.5 Å². The Balaban J connectivity index is 1.86. The number of nitrogens with zero attached hydrogens (tertiary/aromatic N) is 3. The summed E-state index contributed by atoms with van der Waals surface area (Å²) in [6.07, 6.45) is 4.33. The van der Waals surface area contributed by atoms with Gasteiger partial charge >= 0.3 is 0 Å². The lowest BCUT2D eigenvalue weighted by atomic mass is 10.1. The molecule has 0 aromatic carbocycles. The molecule has 0 unspecified atom stereocenters. The monoisotopic (exact) mass is 346 g/mol. The van der Waals surface area contributed by atoms with Crippen LogP contribution in [0.2, 0.25) is 25.7 Å². The van der Waals surface area contributed by atoms with Crippen LogP contribution in [-0.4, -0.2) is 42.7 Å². The smallest absolute Gasteiger partial charge is 0.125 e. The number of rotatable bonds is 6. The van der Waals surface area contributed by atoms with Crippen LogP contribution in [0.4, 0.5) is 5.82 Å². The molecule has 132 valence electrons. The summed E-state index contributed by atoms with van der Waals surface area (Å²) in [5.74, 6) is 0.565. The fourth-order valence-electron chi connectivity index (χ4n) is 3.43. The molecule has 24 heavy (non-hydrogen) atoms. The first kappa shape index (κ1) is 17.4. The van der Waals surface area contributed by atoms with Crippen LogP contribution in [0.25, 0.3) is 10.9 Å². The van der Waals surface area contributed by atoms with Crippen molar-refractivity contribution in [2.75, 3.05) is 25.9 Å². The van der Waals surface area contributed by atoms with E-state index < -0.39 is 8.07 Å². The lowest BCUT2D eigenvalue weighted by molar-refractivity contribution is 0.0857. The van der Waals surface area contributed by atoms with E-state index in [1.807, 2.05) is 12.3 Å². The van der Waals surface area contributed by atoms with Gasteiger partial charge in [-0.25, -0.2) is 4.98 Å². The van der Waals surface area contributed by atoms with E-state index in [1.165, 1.54) is 24.6 Å². The molecule has 1 aliphatic rings. The Morgan fingerprint density at radius 3 is 2.79 bits per heavy atom. The molecule has 0 radical (unpaired) electrons. The molecule has 2 aromatic heterocycles. The molecule has 1 atom stereocenters. The maximum Gasteiger partial charge on any atom is 0.125 e. The average molecular weight is 347 g/mol. The van der Waals surface area contributed by atoms with Crippen molar-refractivity contribution in [3.63, 3.8) is 0 Å². The Morgan fingerprint density at radius 1 is 1.33 bits per heavy atom. The second-order valence-electron chi connectivity index (χ2n) is 8.15. The summed E-state index contributed by atoms with van der Waals surface area (Å²) in [7, 11) is 1.14. The molecule has 2 aromatic rings. The molecule has 0 spiro atoms. The summed E-state index contributed by atoms with van der Waals surface area (Å²) in [4.78, 5) is 6.69. The van der Waals surface area contributed by atoms with E-state index in [4.69, 9.17) is 10.5 Å². The molecular weight excluding hydrogens is 316 g/mol. The molecule has 5 nitrogen and oxygen atoms in total. The molecule has 1 fully saturated rings. The van der Waals surface area contributed by atoms with Crippen molar-refractivity contribution in [1.29, 1.82) is 0 Å². The maximum atomic E-state index is 6.06. The Hall–Kier alpha value is -1.37. The number of anilines is 1. The first-order valence-corrected chi connectivity index (χ1v) is 12.6. The summed E-state index contributed by atoms with van der Waals surface area (Å²) < 4.78 is 8.35. The van der Waals surface area contributed by atoms with Crippen LogP contribution in [0.1, 0.15) is 24.6 Å². The topological polar surface area (TPSA) is 56.3 Å². The molecule has 3 heterocycles. The van der Waals surface area contributed by atoms with Crippen LogP contribution in [0, 0.1) is 0 Å². The van der Waals surface area contributed by atoms with Gasteiger partial charge in [0.05, 0.1) is 5.52 Å². The number of nitrogens with two attached hydrogens (primary N) is 1. The lowest BCUT2D eigenvalue weighted by Crippen LogP contribution is -2.23. The SMILES string of the molecule is CN1CCC[C@H]1c1cc2cnc(N)cc2n1COCC[Si](C)(C)C. The van der Waals surface area contributed by atoms with Crippen molar-refractivity contribution < 1.29 is 4.74 Å². The van der Waals surface area contributed by atoms with Gasteiger partial charge in [-0.1, -0.05) is 19.6 Å². The Kier molecular flexibility index (Phi) is 4.99. The summed E-state index contributed by atoms with van der Waals surface area (Å²) in [6.45, 7) is 9.72. The highest BCUT2D eigenvalue weighted by atomic mass is 28.3. The number of hydrogen-bond acceptors (Lipinski definition) is 4. The Labute approximate surface area is 145 Å². The third kappa shape index (κ3) is 3.82. The maximum absolute atomic E-state index is 6.06. The Morgan fingerprint density at radius 2 is 2.12 bits per heavy atom. The fourth-order valence-corrected chi connectivity index (χ4v) is 4.19. The summed E-state index contributed by atoms with van der Waals surface area (Å²) in [5.41, 5.74) is 8.38. The normalized spacial score (nSPS) is 19.4. The predicted molar refractivity (Wildman–Crippen MR) is 103 cm³/mol. The number of pyridine rings is 1. The zero-order chi connectivity index (χ0) is 17.3. The molecule has 0 bridgehead atoms. The van der Waals surface area contributed by atoms with E-state index >= 15 is 0 Å². The van der Waals surface area contributed by atoms with Crippen LogP contribution in [0.5, 0.6) is 0 Å². The minimum atomic E-state index is -1.06. The van der Waals surface area contributed by atoms with Crippen LogP contribution in [-0.2, 0) is 11.5 Å². The number of ether oxygens (including phenoxy) is 1. The summed E-state index contributed by atoms with van der Waals surface area (Å²) >= 11 is 0. The number of hydrogen-bond donors (Lipinski definition) is 1. The van der Waals surface area contributed by atoms with Gasteiger partial charge < -0.3 is 15.0 Å². The van der Waals surface area contributed by atoms with Crippen molar-refractivity contribution in [2.45, 2.75) is 51.3 Å². The van der Waals surface area contributed by atoms with E-state index in [0.29, 0.717) is 18.6 Å². The first-order chi connectivity index (χ1) is 11.3. The first-order valence-electron chi connectivity index (χ1n) is 8.88. The van der Waals surface area contributed by atoms with Crippen LogP contribution < -0.4 is 5.73 Å². The van der Waals surface area contributed by atoms with Gasteiger partial charge in [-0.05, 0) is 38.5 Å². The van der Waals surface area contributed by atoms with Crippen LogP contribution in [0.3, 0.4) is 0 Å². The van der Waals surface area contributed by atoms with Gasteiger partial charge in [0, 0.05) is 44.1 Å². The van der Waals surface area contributed by atoms with E-state index in [0.717, 1.165) is 24.1 Å². The number of fused-ring (bicyclic) bond motifs is 1. The van der Waals surface area contributed by atoms with Gasteiger partial charge in [0.2, 0.25) is 0 Å². The van der Waals surface area contributed by atoms with Gasteiger partial charge in [0.15, 0.2) is 0 Å². The molecule has 0 aliphatic carbocycles. The number of aromatic nitrogens is 2. The van der Waals surface area contributed by atoms with Gasteiger partial charge in [0.1, 0.15) is 12.5 Å². The zero-order valence-electron chi connectivity index (χ0n) is 15.4. The van der Waals surface area contributed by atoms with Gasteiger partial charge in [-0.15, -0.1) is 0 Å². The standard InChI is InChI=1S/C18H30N4OSi/c1-21-7-5-6-15(21)17-10-14-12-20-18(19)11-16(14)22(17)13-23-8-9-24(2,3)4/h10-12,15H,5-9,13H2,1-4H3,(H2,19,20)/t15-/m0/s1. The van der Waals surface area contributed by atoms with Crippen LogP contribution in [0.15, 0.2) is 18.3 Å². The molecule has 1 aliphatic heterocycles. The third-order valence-corrected chi connectivity index (χ3v) is 6.62. The second kappa shape index (κ2) is 6.86. The number of likely N-dealkylation sites (tertiary alicyclic amines) is 1. The van der Waals surface area contributed by atoms with E-state index in [1.54, 1.807) is 0 Å². The molecule has 2 N–H and O–H groups in total. The second-order valence-corrected chi connectivity index (χ2v) is 13.8. The highest BCUT2D eigenvalue weighted by molar-refractivity contribution is 6.76. The van der Waals surface area contributed by atoms with Gasteiger partial charge in [-0.2, -0.15) is 0 Å². The molecule has 3 rings (SSSR count). The molecule has 0 amide bonds. The largest absolute Gasteiger partial charge is 0.384 e. The van der Waals surface area contributed by atoms with Gasteiger partial charge in [0.25, 0.3) is 0 Å². The molecule has 1 saturated heterocycles. The van der Waals surface area contributed by atoms with E-state index in [-0.39, 0.29) is 0 Å². The van der Waals surface area contributed by atoms with E-state index in [2.05, 4.69) is 47.2 Å². The van der Waals surface area contributed by atoms with Gasteiger partial charge in [-0.3, -0.25) is 4.90 Å². The van der Waals surface area contributed by atoms with E-state index in [9.17, 15) is 0 Å². The summed E-state index contributed by atoms with van der Waals surface area (Å²) in [5, 5.41) is 1.15. The van der Waals surface area contributed by atoms with Crippen molar-refractivity contribution in [3.8, 4) is 0 Å². The zero-order valence-corrected chi connectivity index (χ0v) is 16.4. The highest BCUT2D eigenvalue weighted by Gasteiger charge is 2.26. The average Bonchev–Trinajstić information content (AvgIpc) is 3.06. The highest BCUT2D eigenvalue weighted by Crippen LogP contribution is 2.34. The number of nitrogen functional groups attached to an aromatic ring is 1. The minimum Gasteiger partial charge on any atom is -0.384 e. The minimum absolute atomic E-state index is 0.458. The van der Waals surface area contributed by atoms with Crippen LogP contribution >= 0.6 is 0 Å². The molecule has 6 heteroatoms. The predicted octanol–water partition coefficient (Wildman–Crippen LogP) is 3.70. The molecular formula is C18H30N4OSi. The third-order valence-electron chi connectivity index (χ3n) is 4.92. The summed E-state index contributed by atoms with van der Waals surface area (Å²) in [6, 6.07) is 5.87. The fraction of sp³-hybridized carbons (Fsp3) is 0.611. The lowest BCUT2D eigenvalue weighted by Gasteiger charge is -2.22. The molecule has 0 saturated carbocycles. The quantitative estimate of drug-likeness (QED) is 0.640. The Bertz CT molecular complexity index is 707. The van der Waals surface area contributed by atoms with Crippen molar-refractivity contribution in [3.05, 3.63) is 24.0 Å². The van der Waals surface area contributed by atoms with Crippen molar-refractivity contribution >= 4 is 24.8 Å². The van der Waals surface area contributed by atoms with Crippen molar-refractivity contribution in [2.24, 2.45) is 0 Å².